The van der Waals surface area contributed by atoms with Gasteiger partial charge in [0.05, 0.1) is 4.34 Å². The van der Waals surface area contributed by atoms with Gasteiger partial charge in [-0.15, -0.1) is 11.3 Å². The third kappa shape index (κ3) is 3.22. The van der Waals surface area contributed by atoms with Crippen molar-refractivity contribution in [2.24, 2.45) is 5.92 Å². The van der Waals surface area contributed by atoms with Crippen LogP contribution >= 0.6 is 22.9 Å². The number of nitrogens with one attached hydrogen (secondary N) is 1. The molecule has 0 spiro atoms. The van der Waals surface area contributed by atoms with Gasteiger partial charge in [-0.05, 0) is 50.3 Å². The molecule has 1 fully saturated rings. The average Bonchev–Trinajstić information content (AvgIpc) is 2.58. The van der Waals surface area contributed by atoms with Crippen LogP contribution in [-0.2, 0) is 6.42 Å². The van der Waals surface area contributed by atoms with E-state index in [1.165, 1.54) is 30.6 Å². The molecule has 1 saturated carbocycles. The Labute approximate surface area is 107 Å². The van der Waals surface area contributed by atoms with Crippen LogP contribution < -0.4 is 5.32 Å². The first-order valence-electron chi connectivity index (χ1n) is 6.27. The third-order valence-corrected chi connectivity index (χ3v) is 4.68. The predicted molar refractivity (Wildman–Crippen MR) is 72.5 cm³/mol. The molecule has 0 bridgehead atoms. The molecule has 1 heterocycles. The van der Waals surface area contributed by atoms with E-state index in [1.807, 2.05) is 6.07 Å². The zero-order valence-corrected chi connectivity index (χ0v) is 11.4. The molecule has 0 amide bonds. The van der Waals surface area contributed by atoms with Crippen LogP contribution in [0.3, 0.4) is 0 Å². The second-order valence-electron chi connectivity index (χ2n) is 4.66. The summed E-state index contributed by atoms with van der Waals surface area (Å²) in [5, 5.41) is 3.69. The molecule has 1 aromatic rings. The number of halogens is 1. The molecule has 0 radical (unpaired) electrons. The molecule has 0 saturated heterocycles. The summed E-state index contributed by atoms with van der Waals surface area (Å²) in [4.78, 5) is 1.42. The second kappa shape index (κ2) is 6.04. The molecular weight excluding hydrogens is 238 g/mol. The third-order valence-electron chi connectivity index (χ3n) is 3.43. The van der Waals surface area contributed by atoms with Crippen LogP contribution in [0, 0.1) is 5.92 Å². The topological polar surface area (TPSA) is 12.0 Å². The second-order valence-corrected chi connectivity index (χ2v) is 6.46. The lowest BCUT2D eigenvalue weighted by atomic mass is 9.78. The first-order chi connectivity index (χ1) is 7.79. The molecule has 0 aliphatic heterocycles. The van der Waals surface area contributed by atoms with Crippen LogP contribution in [-0.4, -0.2) is 12.6 Å². The maximum Gasteiger partial charge on any atom is 0.0931 e. The van der Waals surface area contributed by atoms with Gasteiger partial charge in [0.15, 0.2) is 0 Å². The SMILES string of the molecule is CCCNC(Cc1ccc(Cl)s1)C1CCC1. The number of hydrogen-bond donors (Lipinski definition) is 1. The van der Waals surface area contributed by atoms with Gasteiger partial charge in [-0.3, -0.25) is 0 Å². The van der Waals surface area contributed by atoms with Gasteiger partial charge in [0.1, 0.15) is 0 Å². The first-order valence-corrected chi connectivity index (χ1v) is 7.46. The lowest BCUT2D eigenvalue weighted by molar-refractivity contribution is 0.228. The molecule has 2 rings (SSSR count). The normalized spacial score (nSPS) is 18.4. The maximum atomic E-state index is 5.97. The molecule has 16 heavy (non-hydrogen) atoms. The van der Waals surface area contributed by atoms with Crippen LogP contribution in [0.15, 0.2) is 12.1 Å². The Morgan fingerprint density at radius 3 is 2.81 bits per heavy atom. The van der Waals surface area contributed by atoms with E-state index in [4.69, 9.17) is 11.6 Å². The highest BCUT2D eigenvalue weighted by molar-refractivity contribution is 7.16. The quantitative estimate of drug-likeness (QED) is 0.809. The smallest absolute Gasteiger partial charge is 0.0931 e. The minimum absolute atomic E-state index is 0.670. The van der Waals surface area contributed by atoms with Gasteiger partial charge >= 0.3 is 0 Å². The number of hydrogen-bond acceptors (Lipinski definition) is 2. The summed E-state index contributed by atoms with van der Waals surface area (Å²) < 4.78 is 0.915. The van der Waals surface area contributed by atoms with E-state index in [9.17, 15) is 0 Å². The molecular formula is C13H20ClNS. The van der Waals surface area contributed by atoms with E-state index in [0.717, 1.165) is 23.2 Å². The molecule has 1 N–H and O–H groups in total. The van der Waals surface area contributed by atoms with E-state index in [1.54, 1.807) is 11.3 Å². The lowest BCUT2D eigenvalue weighted by Gasteiger charge is -2.34. The Hall–Kier alpha value is -0.0500. The molecule has 1 aromatic heterocycles. The summed E-state index contributed by atoms with van der Waals surface area (Å²) in [5.74, 6) is 0.896. The van der Waals surface area contributed by atoms with Gasteiger partial charge < -0.3 is 5.32 Å². The molecule has 0 aromatic carbocycles. The summed E-state index contributed by atoms with van der Waals surface area (Å²) in [7, 11) is 0. The summed E-state index contributed by atoms with van der Waals surface area (Å²) in [6.07, 6.45) is 6.59. The Bertz CT molecular complexity index is 319. The van der Waals surface area contributed by atoms with Crippen LogP contribution in [0.4, 0.5) is 0 Å². The van der Waals surface area contributed by atoms with Crippen molar-refractivity contribution in [1.29, 1.82) is 0 Å². The first kappa shape index (κ1) is 12.4. The van der Waals surface area contributed by atoms with Crippen LogP contribution in [0.5, 0.6) is 0 Å². The van der Waals surface area contributed by atoms with Gasteiger partial charge in [-0.25, -0.2) is 0 Å². The molecule has 1 atom stereocenters. The van der Waals surface area contributed by atoms with Crippen LogP contribution in [0.1, 0.15) is 37.5 Å². The van der Waals surface area contributed by atoms with Gasteiger partial charge in [0, 0.05) is 10.9 Å². The molecule has 1 unspecified atom stereocenters. The maximum absolute atomic E-state index is 5.97. The van der Waals surface area contributed by atoms with Crippen molar-refractivity contribution < 1.29 is 0 Å². The van der Waals surface area contributed by atoms with E-state index in [-0.39, 0.29) is 0 Å². The minimum atomic E-state index is 0.670. The van der Waals surface area contributed by atoms with Gasteiger partial charge in [-0.1, -0.05) is 24.9 Å². The zero-order valence-electron chi connectivity index (χ0n) is 9.84. The molecule has 1 aliphatic carbocycles. The van der Waals surface area contributed by atoms with Crippen molar-refractivity contribution in [2.75, 3.05) is 6.54 Å². The molecule has 1 aliphatic rings. The van der Waals surface area contributed by atoms with Crippen molar-refractivity contribution in [3.63, 3.8) is 0 Å². The highest BCUT2D eigenvalue weighted by Crippen LogP contribution is 2.32. The molecule has 1 nitrogen and oxygen atoms in total. The lowest BCUT2D eigenvalue weighted by Crippen LogP contribution is -2.41. The summed E-state index contributed by atoms with van der Waals surface area (Å²) in [6, 6.07) is 4.86. The van der Waals surface area contributed by atoms with E-state index >= 15 is 0 Å². The van der Waals surface area contributed by atoms with Gasteiger partial charge in [-0.2, -0.15) is 0 Å². The summed E-state index contributed by atoms with van der Waals surface area (Å²) in [5.41, 5.74) is 0. The summed E-state index contributed by atoms with van der Waals surface area (Å²) in [6.45, 7) is 3.37. The van der Waals surface area contributed by atoms with Crippen molar-refractivity contribution >= 4 is 22.9 Å². The van der Waals surface area contributed by atoms with Crippen molar-refractivity contribution in [1.82, 2.24) is 5.32 Å². The zero-order chi connectivity index (χ0) is 11.4. The standard InChI is InChI=1S/C13H20ClNS/c1-2-8-15-12(10-4-3-5-10)9-11-6-7-13(14)16-11/h6-7,10,12,15H,2-5,8-9H2,1H3. The fourth-order valence-electron chi connectivity index (χ4n) is 2.26. The van der Waals surface area contributed by atoms with Crippen molar-refractivity contribution in [3.8, 4) is 0 Å². The highest BCUT2D eigenvalue weighted by atomic mass is 35.5. The fraction of sp³-hybridized carbons (Fsp3) is 0.692. The minimum Gasteiger partial charge on any atom is -0.313 e. The van der Waals surface area contributed by atoms with E-state index < -0.39 is 0 Å². The monoisotopic (exact) mass is 257 g/mol. The Morgan fingerprint density at radius 1 is 1.50 bits per heavy atom. The predicted octanol–water partition coefficient (Wildman–Crippen LogP) is 4.11. The van der Waals surface area contributed by atoms with E-state index in [0.29, 0.717) is 6.04 Å². The highest BCUT2D eigenvalue weighted by Gasteiger charge is 2.27. The average molecular weight is 258 g/mol. The van der Waals surface area contributed by atoms with Gasteiger partial charge in [0.2, 0.25) is 0 Å². The van der Waals surface area contributed by atoms with Crippen LogP contribution in [0.2, 0.25) is 4.34 Å². The molecule has 90 valence electrons. The fourth-order valence-corrected chi connectivity index (χ4v) is 3.40. The Morgan fingerprint density at radius 2 is 2.31 bits per heavy atom. The largest absolute Gasteiger partial charge is 0.313 e. The molecule has 3 heteroatoms. The Kier molecular flexibility index (Phi) is 4.68. The van der Waals surface area contributed by atoms with E-state index in [2.05, 4.69) is 18.3 Å². The van der Waals surface area contributed by atoms with Crippen LogP contribution in [0.25, 0.3) is 0 Å². The van der Waals surface area contributed by atoms with Crippen molar-refractivity contribution in [3.05, 3.63) is 21.3 Å². The number of thiophene rings is 1. The Balaban J connectivity index is 1.90. The van der Waals surface area contributed by atoms with Gasteiger partial charge in [0.25, 0.3) is 0 Å². The van der Waals surface area contributed by atoms with Crippen molar-refractivity contribution in [2.45, 2.75) is 45.1 Å². The number of rotatable bonds is 6. The summed E-state index contributed by atoms with van der Waals surface area (Å²) >= 11 is 7.70.